The van der Waals surface area contributed by atoms with Crippen molar-refractivity contribution in [3.63, 3.8) is 0 Å². The number of carbonyl (C=O) groups excluding carboxylic acids is 2. The van der Waals surface area contributed by atoms with Gasteiger partial charge in [0, 0.05) is 17.0 Å². The van der Waals surface area contributed by atoms with Crippen molar-refractivity contribution in [3.05, 3.63) is 58.3 Å². The third-order valence-corrected chi connectivity index (χ3v) is 6.35. The standard InChI is InChI=1S/C22H26N2O2S/c25-20(15-19-11-6-14-27-19)24(18-12-13-18)21(16-7-2-1-3-8-16)22(26)23-17-9-4-5-10-17/h1-3,6-8,11,14,17-18,21H,4-5,9-10,12-13,15H2,(H,23,26). The van der Waals surface area contributed by atoms with E-state index in [1.165, 1.54) is 12.8 Å². The van der Waals surface area contributed by atoms with Crippen molar-refractivity contribution in [1.82, 2.24) is 10.2 Å². The Hall–Kier alpha value is -2.14. The van der Waals surface area contributed by atoms with E-state index in [0.29, 0.717) is 6.42 Å². The van der Waals surface area contributed by atoms with E-state index >= 15 is 0 Å². The number of amides is 2. The van der Waals surface area contributed by atoms with E-state index in [1.54, 1.807) is 11.3 Å². The molecule has 1 aromatic carbocycles. The summed E-state index contributed by atoms with van der Waals surface area (Å²) in [5.74, 6) is 0.0231. The van der Waals surface area contributed by atoms with E-state index < -0.39 is 6.04 Å². The quantitative estimate of drug-likeness (QED) is 0.784. The molecule has 4 rings (SSSR count). The van der Waals surface area contributed by atoms with E-state index in [9.17, 15) is 9.59 Å². The van der Waals surface area contributed by atoms with Crippen molar-refractivity contribution in [2.75, 3.05) is 0 Å². The summed E-state index contributed by atoms with van der Waals surface area (Å²) in [6.07, 6.45) is 6.76. The molecule has 2 saturated carbocycles. The Morgan fingerprint density at radius 3 is 2.41 bits per heavy atom. The van der Waals surface area contributed by atoms with Crippen LogP contribution in [0.4, 0.5) is 0 Å². The number of nitrogens with one attached hydrogen (secondary N) is 1. The number of hydrogen-bond acceptors (Lipinski definition) is 3. The lowest BCUT2D eigenvalue weighted by molar-refractivity contribution is -0.141. The molecule has 1 N–H and O–H groups in total. The number of nitrogens with zero attached hydrogens (tertiary/aromatic N) is 1. The topological polar surface area (TPSA) is 49.4 Å². The van der Waals surface area contributed by atoms with Gasteiger partial charge in [-0.2, -0.15) is 0 Å². The molecule has 2 aliphatic carbocycles. The first kappa shape index (κ1) is 18.2. The molecule has 5 heteroatoms. The van der Waals surface area contributed by atoms with Crippen molar-refractivity contribution in [2.24, 2.45) is 0 Å². The predicted octanol–water partition coefficient (Wildman–Crippen LogP) is 4.08. The van der Waals surface area contributed by atoms with Crippen LogP contribution < -0.4 is 5.32 Å². The van der Waals surface area contributed by atoms with Crippen molar-refractivity contribution in [2.45, 2.75) is 63.1 Å². The van der Waals surface area contributed by atoms with E-state index in [0.717, 1.165) is 36.1 Å². The highest BCUT2D eigenvalue weighted by Crippen LogP contribution is 2.36. The molecule has 0 saturated heterocycles. The zero-order valence-electron chi connectivity index (χ0n) is 15.5. The highest BCUT2D eigenvalue weighted by Gasteiger charge is 2.41. The molecule has 2 amide bonds. The second-order valence-corrected chi connectivity index (χ2v) is 8.62. The molecule has 0 spiro atoms. The summed E-state index contributed by atoms with van der Waals surface area (Å²) in [7, 11) is 0. The van der Waals surface area contributed by atoms with Gasteiger partial charge in [0.25, 0.3) is 0 Å². The molecule has 0 aliphatic heterocycles. The van der Waals surface area contributed by atoms with Crippen LogP contribution in [0, 0.1) is 0 Å². The molecular weight excluding hydrogens is 356 g/mol. The molecule has 0 radical (unpaired) electrons. The molecule has 27 heavy (non-hydrogen) atoms. The minimum atomic E-state index is -0.535. The first-order valence-electron chi connectivity index (χ1n) is 9.91. The molecule has 142 valence electrons. The monoisotopic (exact) mass is 382 g/mol. The molecule has 2 aliphatic rings. The Balaban J connectivity index is 1.60. The maximum atomic E-state index is 13.3. The second kappa shape index (κ2) is 8.26. The largest absolute Gasteiger partial charge is 0.351 e. The van der Waals surface area contributed by atoms with Crippen molar-refractivity contribution < 1.29 is 9.59 Å². The Kier molecular flexibility index (Phi) is 5.58. The second-order valence-electron chi connectivity index (χ2n) is 7.59. The van der Waals surface area contributed by atoms with Crippen LogP contribution >= 0.6 is 11.3 Å². The molecule has 2 aromatic rings. The minimum absolute atomic E-state index is 0.0282. The average Bonchev–Trinajstić information content (AvgIpc) is 3.13. The zero-order chi connectivity index (χ0) is 18.6. The fraction of sp³-hybridized carbons (Fsp3) is 0.455. The fourth-order valence-corrected chi connectivity index (χ4v) is 4.68. The lowest BCUT2D eigenvalue weighted by atomic mass is 10.0. The van der Waals surface area contributed by atoms with Crippen molar-refractivity contribution in [3.8, 4) is 0 Å². The van der Waals surface area contributed by atoms with Crippen LogP contribution in [0.2, 0.25) is 0 Å². The van der Waals surface area contributed by atoms with Crippen LogP contribution in [-0.4, -0.2) is 28.8 Å². The number of benzene rings is 1. The summed E-state index contributed by atoms with van der Waals surface area (Å²) in [5.41, 5.74) is 0.902. The summed E-state index contributed by atoms with van der Waals surface area (Å²) >= 11 is 1.59. The van der Waals surface area contributed by atoms with Crippen LogP contribution in [0.15, 0.2) is 47.8 Å². The number of hydrogen-bond donors (Lipinski definition) is 1. The average molecular weight is 383 g/mol. The summed E-state index contributed by atoms with van der Waals surface area (Å²) in [4.78, 5) is 29.4. The molecule has 4 nitrogen and oxygen atoms in total. The van der Waals surface area contributed by atoms with Gasteiger partial charge in [-0.05, 0) is 42.7 Å². The lowest BCUT2D eigenvalue weighted by Crippen LogP contribution is -2.47. The molecule has 0 bridgehead atoms. The zero-order valence-corrected chi connectivity index (χ0v) is 16.3. The maximum Gasteiger partial charge on any atom is 0.247 e. The highest BCUT2D eigenvalue weighted by atomic mass is 32.1. The SMILES string of the molecule is O=C(NC1CCCC1)C(c1ccccc1)N(C(=O)Cc1cccs1)C1CC1. The third kappa shape index (κ3) is 4.41. The highest BCUT2D eigenvalue weighted by molar-refractivity contribution is 7.10. The number of thiophene rings is 1. The third-order valence-electron chi connectivity index (χ3n) is 5.48. The molecular formula is C22H26N2O2S. The summed E-state index contributed by atoms with van der Waals surface area (Å²) < 4.78 is 0. The van der Waals surface area contributed by atoms with E-state index in [1.807, 2.05) is 52.7 Å². The first-order chi connectivity index (χ1) is 13.2. The van der Waals surface area contributed by atoms with Crippen LogP contribution in [0.3, 0.4) is 0 Å². The van der Waals surface area contributed by atoms with E-state index in [2.05, 4.69) is 5.32 Å². The fourth-order valence-electron chi connectivity index (χ4n) is 3.99. The van der Waals surface area contributed by atoms with Crippen molar-refractivity contribution in [1.29, 1.82) is 0 Å². The molecule has 1 aromatic heterocycles. The summed E-state index contributed by atoms with van der Waals surface area (Å²) in [6.45, 7) is 0. The van der Waals surface area contributed by atoms with Gasteiger partial charge in [-0.1, -0.05) is 49.2 Å². The Morgan fingerprint density at radius 1 is 1.04 bits per heavy atom. The summed E-state index contributed by atoms with van der Waals surface area (Å²) in [5, 5.41) is 5.22. The van der Waals surface area contributed by atoms with Gasteiger partial charge in [0.05, 0.1) is 6.42 Å². The normalized spacial score (nSPS) is 18.2. The maximum absolute atomic E-state index is 13.3. The van der Waals surface area contributed by atoms with Gasteiger partial charge in [-0.3, -0.25) is 9.59 Å². The van der Waals surface area contributed by atoms with E-state index in [4.69, 9.17) is 0 Å². The van der Waals surface area contributed by atoms with Crippen LogP contribution in [0.1, 0.15) is 55.0 Å². The van der Waals surface area contributed by atoms with Gasteiger partial charge in [0.2, 0.25) is 11.8 Å². The predicted molar refractivity (Wildman–Crippen MR) is 107 cm³/mol. The lowest BCUT2D eigenvalue weighted by Gasteiger charge is -2.32. The van der Waals surface area contributed by atoms with Gasteiger partial charge >= 0.3 is 0 Å². The van der Waals surface area contributed by atoms with Crippen LogP contribution in [0.5, 0.6) is 0 Å². The number of rotatable bonds is 7. The van der Waals surface area contributed by atoms with Crippen LogP contribution in [-0.2, 0) is 16.0 Å². The minimum Gasteiger partial charge on any atom is -0.351 e. The molecule has 1 atom stereocenters. The Bertz CT molecular complexity index is 765. The first-order valence-corrected chi connectivity index (χ1v) is 10.8. The number of carbonyl (C=O) groups is 2. The smallest absolute Gasteiger partial charge is 0.247 e. The van der Waals surface area contributed by atoms with Gasteiger partial charge in [0.1, 0.15) is 6.04 Å². The molecule has 1 heterocycles. The van der Waals surface area contributed by atoms with Gasteiger partial charge in [0.15, 0.2) is 0 Å². The van der Waals surface area contributed by atoms with Crippen molar-refractivity contribution >= 4 is 23.2 Å². The Labute approximate surface area is 164 Å². The van der Waals surface area contributed by atoms with Gasteiger partial charge in [-0.25, -0.2) is 0 Å². The van der Waals surface area contributed by atoms with Gasteiger partial charge in [-0.15, -0.1) is 11.3 Å². The molecule has 2 fully saturated rings. The Morgan fingerprint density at radius 2 is 1.78 bits per heavy atom. The van der Waals surface area contributed by atoms with Crippen LogP contribution in [0.25, 0.3) is 0 Å². The molecule has 1 unspecified atom stereocenters. The van der Waals surface area contributed by atoms with E-state index in [-0.39, 0.29) is 23.9 Å². The van der Waals surface area contributed by atoms with Gasteiger partial charge < -0.3 is 10.2 Å². The summed E-state index contributed by atoms with van der Waals surface area (Å²) in [6, 6.07) is 13.6.